The number of amides is 1. The van der Waals surface area contributed by atoms with Gasteiger partial charge in [-0.25, -0.2) is 10.2 Å². The van der Waals surface area contributed by atoms with Crippen molar-refractivity contribution in [2.24, 2.45) is 5.10 Å². The van der Waals surface area contributed by atoms with Gasteiger partial charge in [0.05, 0.1) is 21.3 Å². The second-order valence-electron chi connectivity index (χ2n) is 8.56. The summed E-state index contributed by atoms with van der Waals surface area (Å²) in [6, 6.07) is 21.0. The molecule has 5 aromatic rings. The number of halogens is 6. The van der Waals surface area contributed by atoms with Crippen LogP contribution in [0.3, 0.4) is 0 Å². The van der Waals surface area contributed by atoms with Gasteiger partial charge in [0.1, 0.15) is 5.69 Å². The van der Waals surface area contributed by atoms with E-state index in [4.69, 9.17) is 39.5 Å². The number of benzene rings is 4. The van der Waals surface area contributed by atoms with Gasteiger partial charge in [0.15, 0.2) is 5.75 Å². The van der Waals surface area contributed by atoms with Crippen molar-refractivity contribution in [1.29, 1.82) is 0 Å². The Kier molecular flexibility index (Phi) is 9.42. The lowest BCUT2D eigenvalue weighted by Crippen LogP contribution is -2.19. The summed E-state index contributed by atoms with van der Waals surface area (Å²) in [5.74, 6) is -0.993. The zero-order valence-electron chi connectivity index (χ0n) is 20.4. The van der Waals surface area contributed by atoms with Crippen LogP contribution >= 0.6 is 89.3 Å². The van der Waals surface area contributed by atoms with E-state index in [1.807, 2.05) is 36.4 Å². The van der Waals surface area contributed by atoms with Crippen LogP contribution < -0.4 is 10.2 Å². The van der Waals surface area contributed by atoms with E-state index >= 15 is 0 Å². The highest BCUT2D eigenvalue weighted by Crippen LogP contribution is 2.37. The minimum atomic E-state index is -0.689. The lowest BCUT2D eigenvalue weighted by Gasteiger charge is -2.11. The standard InChI is InChI=1S/C29H15Br2Cl3IN3O3/c30-15-9-14(27(21(31)10-15)41-29(40)19-7-5-16(32)11-23(19)34)13-36-38-28(39)26-25(18-3-1-2-4-22(18)33)20-12-17(35)6-8-24(20)37-26/h1-13,37H,(H,38,39). The monoisotopic (exact) mass is 843 g/mol. The third-order valence-corrected chi connectivity index (χ3v) is 8.48. The number of hydrogen-bond donors (Lipinski definition) is 2. The number of fused-ring (bicyclic) bond motifs is 1. The van der Waals surface area contributed by atoms with E-state index in [1.165, 1.54) is 18.3 Å². The van der Waals surface area contributed by atoms with Gasteiger partial charge in [0.2, 0.25) is 0 Å². The summed E-state index contributed by atoms with van der Waals surface area (Å²) in [5.41, 5.74) is 5.56. The quantitative estimate of drug-likeness (QED) is 0.0587. The van der Waals surface area contributed by atoms with Gasteiger partial charge in [-0.3, -0.25) is 4.79 Å². The number of nitrogens with one attached hydrogen (secondary N) is 2. The smallest absolute Gasteiger partial charge is 0.345 e. The molecule has 0 aliphatic carbocycles. The first-order chi connectivity index (χ1) is 19.6. The van der Waals surface area contributed by atoms with Gasteiger partial charge in [0, 0.05) is 45.7 Å². The van der Waals surface area contributed by atoms with E-state index in [1.54, 1.807) is 24.3 Å². The largest absolute Gasteiger partial charge is 0.421 e. The number of rotatable bonds is 6. The van der Waals surface area contributed by atoms with E-state index in [9.17, 15) is 9.59 Å². The second kappa shape index (κ2) is 12.8. The molecule has 12 heteroatoms. The summed E-state index contributed by atoms with van der Waals surface area (Å²) in [6.07, 6.45) is 1.38. The molecule has 0 fully saturated rings. The lowest BCUT2D eigenvalue weighted by molar-refractivity contribution is 0.0733. The average Bonchev–Trinajstić information content (AvgIpc) is 3.29. The number of H-pyrrole nitrogens is 1. The Labute approximate surface area is 279 Å². The van der Waals surface area contributed by atoms with Crippen molar-refractivity contribution >= 4 is 118 Å². The van der Waals surface area contributed by atoms with Gasteiger partial charge in [-0.2, -0.15) is 5.10 Å². The molecule has 1 heterocycles. The fraction of sp³-hybridized carbons (Fsp3) is 0. The molecule has 0 saturated heterocycles. The summed E-state index contributed by atoms with van der Waals surface area (Å²) in [7, 11) is 0. The van der Waals surface area contributed by atoms with E-state index < -0.39 is 11.9 Å². The van der Waals surface area contributed by atoms with Crippen LogP contribution in [-0.4, -0.2) is 23.1 Å². The molecular weight excluding hydrogens is 831 g/mol. The Hall–Kier alpha value is -2.41. The number of hydrazone groups is 1. The molecule has 1 amide bonds. The average molecular weight is 847 g/mol. The molecule has 4 aromatic carbocycles. The number of ether oxygens (including phenoxy) is 1. The van der Waals surface area contributed by atoms with Crippen molar-refractivity contribution in [1.82, 2.24) is 10.4 Å². The van der Waals surface area contributed by atoms with Crippen LogP contribution in [0.15, 0.2) is 86.8 Å². The zero-order chi connectivity index (χ0) is 29.3. The van der Waals surface area contributed by atoms with Crippen LogP contribution in [0.2, 0.25) is 15.1 Å². The molecule has 41 heavy (non-hydrogen) atoms. The van der Waals surface area contributed by atoms with E-state index in [-0.39, 0.29) is 16.3 Å². The molecule has 0 aliphatic heterocycles. The molecule has 1 aromatic heterocycles. The number of hydrogen-bond acceptors (Lipinski definition) is 4. The van der Waals surface area contributed by atoms with Crippen molar-refractivity contribution < 1.29 is 14.3 Å². The molecule has 6 nitrogen and oxygen atoms in total. The van der Waals surface area contributed by atoms with Crippen LogP contribution in [0.5, 0.6) is 5.75 Å². The number of esters is 1. The van der Waals surface area contributed by atoms with Crippen molar-refractivity contribution in [2.75, 3.05) is 0 Å². The van der Waals surface area contributed by atoms with E-state index in [0.717, 1.165) is 14.5 Å². The third kappa shape index (κ3) is 6.65. The van der Waals surface area contributed by atoms with Crippen LogP contribution in [0.4, 0.5) is 0 Å². The topological polar surface area (TPSA) is 83.5 Å². The van der Waals surface area contributed by atoms with Crippen LogP contribution in [0.1, 0.15) is 26.4 Å². The van der Waals surface area contributed by atoms with Crippen LogP contribution in [0.25, 0.3) is 22.0 Å². The summed E-state index contributed by atoms with van der Waals surface area (Å²) >= 11 is 27.7. The first kappa shape index (κ1) is 30.1. The maximum absolute atomic E-state index is 13.4. The number of aromatic amines is 1. The second-order valence-corrected chi connectivity index (χ2v) is 12.8. The zero-order valence-corrected chi connectivity index (χ0v) is 28.0. The molecule has 0 aliphatic rings. The molecule has 2 N–H and O–H groups in total. The minimum absolute atomic E-state index is 0.141. The van der Waals surface area contributed by atoms with Gasteiger partial charge >= 0.3 is 5.97 Å². The molecule has 0 atom stereocenters. The van der Waals surface area contributed by atoms with Crippen molar-refractivity contribution in [3.8, 4) is 16.9 Å². The SMILES string of the molecule is O=C(Oc1c(Br)cc(Br)cc1C=NNC(=O)c1[nH]c2ccc(I)cc2c1-c1ccccc1Cl)c1ccc(Cl)cc1Cl. The van der Waals surface area contributed by atoms with E-state index in [2.05, 4.69) is 70.0 Å². The Bertz CT molecular complexity index is 1880. The summed E-state index contributed by atoms with van der Waals surface area (Å²) in [4.78, 5) is 29.5. The molecular formula is C29H15Br2Cl3IN3O3. The number of carbonyl (C=O) groups excluding carboxylic acids is 2. The van der Waals surface area contributed by atoms with Crippen molar-refractivity contribution in [3.63, 3.8) is 0 Å². The molecule has 0 bridgehead atoms. The Morgan fingerprint density at radius 2 is 1.73 bits per heavy atom. The van der Waals surface area contributed by atoms with Crippen LogP contribution in [-0.2, 0) is 0 Å². The maximum atomic E-state index is 13.4. The van der Waals surface area contributed by atoms with Gasteiger partial charge in [0.25, 0.3) is 5.91 Å². The summed E-state index contributed by atoms with van der Waals surface area (Å²) in [6.45, 7) is 0. The first-order valence-electron chi connectivity index (χ1n) is 11.7. The predicted octanol–water partition coefficient (Wildman–Crippen LogP) is 9.91. The molecule has 0 radical (unpaired) electrons. The highest BCUT2D eigenvalue weighted by Gasteiger charge is 2.22. The minimum Gasteiger partial charge on any atom is -0.421 e. The number of nitrogens with zero attached hydrogens (tertiary/aromatic N) is 1. The fourth-order valence-electron chi connectivity index (χ4n) is 4.08. The third-order valence-electron chi connectivity index (χ3n) is 5.88. The predicted molar refractivity (Wildman–Crippen MR) is 180 cm³/mol. The van der Waals surface area contributed by atoms with Gasteiger partial charge in [-0.1, -0.05) is 68.9 Å². The molecule has 206 valence electrons. The summed E-state index contributed by atoms with van der Waals surface area (Å²) in [5, 5.41) is 6.07. The fourth-order valence-corrected chi connectivity index (χ4v) is 6.63. The van der Waals surface area contributed by atoms with Gasteiger partial charge in [-0.15, -0.1) is 0 Å². The first-order valence-corrected chi connectivity index (χ1v) is 15.5. The number of aromatic nitrogens is 1. The molecule has 5 rings (SSSR count). The lowest BCUT2D eigenvalue weighted by atomic mass is 10.0. The Morgan fingerprint density at radius 1 is 0.951 bits per heavy atom. The Balaban J connectivity index is 1.46. The van der Waals surface area contributed by atoms with Crippen molar-refractivity contribution in [3.05, 3.63) is 117 Å². The maximum Gasteiger partial charge on any atom is 0.345 e. The molecule has 0 saturated carbocycles. The highest BCUT2D eigenvalue weighted by molar-refractivity contribution is 14.1. The number of carbonyl (C=O) groups is 2. The molecule has 0 spiro atoms. The van der Waals surface area contributed by atoms with Gasteiger partial charge < -0.3 is 9.72 Å². The highest BCUT2D eigenvalue weighted by atomic mass is 127. The van der Waals surface area contributed by atoms with Gasteiger partial charge in [-0.05, 0) is 93.1 Å². The normalized spacial score (nSPS) is 11.3. The Morgan fingerprint density at radius 3 is 2.49 bits per heavy atom. The summed E-state index contributed by atoms with van der Waals surface area (Å²) < 4.78 is 7.83. The molecule has 0 unspecified atom stereocenters. The van der Waals surface area contributed by atoms with E-state index in [0.29, 0.717) is 41.4 Å². The van der Waals surface area contributed by atoms with Crippen molar-refractivity contribution in [2.45, 2.75) is 0 Å². The van der Waals surface area contributed by atoms with Crippen LogP contribution in [0, 0.1) is 3.57 Å².